The van der Waals surface area contributed by atoms with Crippen LogP contribution in [0.1, 0.15) is 25.7 Å². The lowest BCUT2D eigenvalue weighted by atomic mass is 9.92. The van der Waals surface area contributed by atoms with Crippen LogP contribution in [-0.4, -0.2) is 26.7 Å². The molecule has 1 aromatic carbocycles. The van der Waals surface area contributed by atoms with E-state index in [1.54, 1.807) is 0 Å². The molecule has 124 valence electrons. The highest BCUT2D eigenvalue weighted by Gasteiger charge is 2.19. The maximum Gasteiger partial charge on any atom is 0.154 e. The van der Waals surface area contributed by atoms with Crippen LogP contribution in [0.3, 0.4) is 0 Å². The average Bonchev–Trinajstić information content (AvgIpc) is 3.01. The average molecular weight is 322 g/mol. The highest BCUT2D eigenvalue weighted by molar-refractivity contribution is 5.65. The van der Waals surface area contributed by atoms with Crippen LogP contribution in [0.15, 0.2) is 42.6 Å². The summed E-state index contributed by atoms with van der Waals surface area (Å²) in [6.07, 6.45) is 6.17. The molecule has 3 aromatic rings. The minimum absolute atomic E-state index is 0.351. The standard InChI is InChI=1S/C18H22N6/c19-13-3-1-12(2-4-13)16-11-21-18-10-9-17(23-24(16)18)22-15-7-5-14(20)6-8-15/h1-4,9-11,14-15H,5-8,19-20H2,(H,22,23)/t14-,15-. The van der Waals surface area contributed by atoms with Crippen LogP contribution in [-0.2, 0) is 0 Å². The second-order valence-corrected chi connectivity index (χ2v) is 6.51. The Labute approximate surface area is 140 Å². The number of benzene rings is 1. The summed E-state index contributed by atoms with van der Waals surface area (Å²) in [6.45, 7) is 0. The molecule has 1 saturated carbocycles. The van der Waals surface area contributed by atoms with Gasteiger partial charge in [-0.05, 0) is 49.9 Å². The van der Waals surface area contributed by atoms with Gasteiger partial charge in [0.05, 0.1) is 11.9 Å². The van der Waals surface area contributed by atoms with Gasteiger partial charge < -0.3 is 16.8 Å². The number of nitrogens with one attached hydrogen (secondary N) is 1. The minimum Gasteiger partial charge on any atom is -0.399 e. The second-order valence-electron chi connectivity index (χ2n) is 6.51. The number of hydrogen-bond acceptors (Lipinski definition) is 5. The Morgan fingerprint density at radius 3 is 2.50 bits per heavy atom. The summed E-state index contributed by atoms with van der Waals surface area (Å²) in [5.74, 6) is 0.873. The monoisotopic (exact) mass is 322 g/mol. The molecule has 1 aliphatic rings. The van der Waals surface area contributed by atoms with Gasteiger partial charge in [-0.25, -0.2) is 9.50 Å². The van der Waals surface area contributed by atoms with E-state index < -0.39 is 0 Å². The maximum atomic E-state index is 5.98. The first-order valence-electron chi connectivity index (χ1n) is 8.42. The molecule has 0 spiro atoms. The molecule has 0 bridgehead atoms. The van der Waals surface area contributed by atoms with Crippen molar-refractivity contribution in [2.45, 2.75) is 37.8 Å². The van der Waals surface area contributed by atoms with Crippen LogP contribution in [0.4, 0.5) is 11.5 Å². The molecular formula is C18H22N6. The molecule has 2 aromatic heterocycles. The Bertz CT molecular complexity index is 830. The van der Waals surface area contributed by atoms with Crippen molar-refractivity contribution >= 4 is 17.2 Å². The first kappa shape index (κ1) is 15.0. The molecule has 0 unspecified atom stereocenters. The van der Waals surface area contributed by atoms with Gasteiger partial charge in [0, 0.05) is 23.3 Å². The zero-order valence-corrected chi connectivity index (χ0v) is 13.5. The molecule has 0 radical (unpaired) electrons. The second kappa shape index (κ2) is 6.13. The third kappa shape index (κ3) is 2.92. The number of aromatic nitrogens is 3. The first-order valence-corrected chi connectivity index (χ1v) is 8.42. The quantitative estimate of drug-likeness (QED) is 0.645. The van der Waals surface area contributed by atoms with Crippen LogP contribution in [0, 0.1) is 0 Å². The molecule has 0 saturated heterocycles. The summed E-state index contributed by atoms with van der Waals surface area (Å²) in [4.78, 5) is 4.44. The molecule has 6 heteroatoms. The van der Waals surface area contributed by atoms with E-state index in [0.717, 1.165) is 54.1 Å². The molecule has 0 amide bonds. The molecular weight excluding hydrogens is 300 g/mol. The summed E-state index contributed by atoms with van der Waals surface area (Å²) in [7, 11) is 0. The Morgan fingerprint density at radius 2 is 1.75 bits per heavy atom. The fraction of sp³-hybridized carbons (Fsp3) is 0.333. The molecule has 1 fully saturated rings. The predicted octanol–water partition coefficient (Wildman–Crippen LogP) is 2.66. The minimum atomic E-state index is 0.351. The van der Waals surface area contributed by atoms with Crippen molar-refractivity contribution < 1.29 is 0 Å². The summed E-state index contributed by atoms with van der Waals surface area (Å²) in [6, 6.07) is 12.5. The van der Waals surface area contributed by atoms with Crippen molar-refractivity contribution in [1.82, 2.24) is 14.6 Å². The van der Waals surface area contributed by atoms with Crippen LogP contribution in [0.5, 0.6) is 0 Å². The normalized spacial score (nSPS) is 21.0. The van der Waals surface area contributed by atoms with Gasteiger partial charge in [-0.2, -0.15) is 0 Å². The van der Waals surface area contributed by atoms with Gasteiger partial charge in [0.2, 0.25) is 0 Å². The van der Waals surface area contributed by atoms with E-state index in [-0.39, 0.29) is 0 Å². The molecule has 6 nitrogen and oxygen atoms in total. The number of rotatable bonds is 3. The van der Waals surface area contributed by atoms with Crippen molar-refractivity contribution in [2.75, 3.05) is 11.1 Å². The molecule has 4 rings (SSSR count). The molecule has 5 N–H and O–H groups in total. The third-order valence-corrected chi connectivity index (χ3v) is 4.69. The van der Waals surface area contributed by atoms with E-state index in [4.69, 9.17) is 16.6 Å². The molecule has 2 heterocycles. The van der Waals surface area contributed by atoms with Crippen LogP contribution in [0.2, 0.25) is 0 Å². The van der Waals surface area contributed by atoms with Crippen molar-refractivity contribution in [2.24, 2.45) is 5.73 Å². The van der Waals surface area contributed by atoms with E-state index in [0.29, 0.717) is 12.1 Å². The topological polar surface area (TPSA) is 94.3 Å². The first-order chi connectivity index (χ1) is 11.7. The summed E-state index contributed by atoms with van der Waals surface area (Å²) in [5.41, 5.74) is 15.3. The zero-order valence-electron chi connectivity index (χ0n) is 13.5. The van der Waals surface area contributed by atoms with Crippen LogP contribution in [0.25, 0.3) is 16.9 Å². The molecule has 24 heavy (non-hydrogen) atoms. The Balaban J connectivity index is 1.62. The number of fused-ring (bicyclic) bond motifs is 1. The van der Waals surface area contributed by atoms with Gasteiger partial charge in [0.1, 0.15) is 5.82 Å². The van der Waals surface area contributed by atoms with E-state index in [9.17, 15) is 0 Å². The van der Waals surface area contributed by atoms with Crippen LogP contribution >= 0.6 is 0 Å². The Morgan fingerprint density at radius 1 is 1.00 bits per heavy atom. The molecule has 0 aliphatic heterocycles. The number of imidazole rings is 1. The number of hydrogen-bond donors (Lipinski definition) is 3. The van der Waals surface area contributed by atoms with Crippen molar-refractivity contribution in [3.63, 3.8) is 0 Å². The Hall–Kier alpha value is -2.60. The summed E-state index contributed by atoms with van der Waals surface area (Å²) < 4.78 is 1.88. The largest absolute Gasteiger partial charge is 0.399 e. The van der Waals surface area contributed by atoms with Gasteiger partial charge in [0.15, 0.2) is 5.65 Å². The van der Waals surface area contributed by atoms with E-state index >= 15 is 0 Å². The van der Waals surface area contributed by atoms with Gasteiger partial charge in [-0.1, -0.05) is 12.1 Å². The third-order valence-electron chi connectivity index (χ3n) is 4.69. The summed E-state index contributed by atoms with van der Waals surface area (Å²) in [5, 5.41) is 8.26. The molecule has 1 aliphatic carbocycles. The number of anilines is 2. The molecule has 0 atom stereocenters. The lowest BCUT2D eigenvalue weighted by Crippen LogP contribution is -2.33. The van der Waals surface area contributed by atoms with Crippen molar-refractivity contribution in [1.29, 1.82) is 0 Å². The smallest absolute Gasteiger partial charge is 0.154 e. The van der Waals surface area contributed by atoms with E-state index in [1.807, 2.05) is 47.1 Å². The zero-order chi connectivity index (χ0) is 16.5. The number of nitrogen functional groups attached to an aromatic ring is 1. The predicted molar refractivity (Wildman–Crippen MR) is 96.7 cm³/mol. The van der Waals surface area contributed by atoms with Gasteiger partial charge in [0.25, 0.3) is 0 Å². The Kier molecular flexibility index (Phi) is 3.82. The van der Waals surface area contributed by atoms with Crippen molar-refractivity contribution in [3.05, 3.63) is 42.6 Å². The number of nitrogens with zero attached hydrogens (tertiary/aromatic N) is 3. The fourth-order valence-corrected chi connectivity index (χ4v) is 3.27. The van der Waals surface area contributed by atoms with E-state index in [1.165, 1.54) is 0 Å². The summed E-state index contributed by atoms with van der Waals surface area (Å²) >= 11 is 0. The lowest BCUT2D eigenvalue weighted by molar-refractivity contribution is 0.410. The fourth-order valence-electron chi connectivity index (χ4n) is 3.27. The van der Waals surface area contributed by atoms with Crippen LogP contribution < -0.4 is 16.8 Å². The van der Waals surface area contributed by atoms with Crippen molar-refractivity contribution in [3.8, 4) is 11.3 Å². The number of nitrogens with two attached hydrogens (primary N) is 2. The lowest BCUT2D eigenvalue weighted by Gasteiger charge is -2.27. The maximum absolute atomic E-state index is 5.98. The van der Waals surface area contributed by atoms with Gasteiger partial charge >= 0.3 is 0 Å². The highest BCUT2D eigenvalue weighted by Crippen LogP contribution is 2.23. The van der Waals surface area contributed by atoms with Gasteiger partial charge in [-0.3, -0.25) is 0 Å². The SMILES string of the molecule is Nc1ccc(-c2cnc3ccc(N[C@H]4CC[C@H](N)CC4)nn23)cc1. The van der Waals surface area contributed by atoms with E-state index in [2.05, 4.69) is 10.3 Å². The van der Waals surface area contributed by atoms with Gasteiger partial charge in [-0.15, -0.1) is 5.10 Å². The highest BCUT2D eigenvalue weighted by atomic mass is 15.3.